The van der Waals surface area contributed by atoms with Gasteiger partial charge in [0.05, 0.1) is 0 Å². The van der Waals surface area contributed by atoms with Crippen LogP contribution in [-0.4, -0.2) is 7.05 Å². The molecule has 0 rings (SSSR count). The predicted octanol–water partition coefficient (Wildman–Crippen LogP) is 2.71. The zero-order chi connectivity index (χ0) is 8.41. The molecule has 10 heavy (non-hydrogen) atoms. The van der Waals surface area contributed by atoms with Gasteiger partial charge in [-0.05, 0) is 26.1 Å². The van der Waals surface area contributed by atoms with Gasteiger partial charge in [-0.3, -0.25) is 0 Å². The summed E-state index contributed by atoms with van der Waals surface area (Å²) in [7, 11) is 1.88. The summed E-state index contributed by atoms with van der Waals surface area (Å²) in [4.78, 5) is 0. The standard InChI is InChI=1S/C7H13N.C2H6/c1-7(2)5-4-6-8-3;1-2/h4-6,8H,1-3H3;1-2H3/b6-4-;. The molecule has 0 spiro atoms. The summed E-state index contributed by atoms with van der Waals surface area (Å²) in [5, 5.41) is 2.90. The van der Waals surface area contributed by atoms with Crippen molar-refractivity contribution in [2.24, 2.45) is 0 Å². The first-order valence-electron chi connectivity index (χ1n) is 3.74. The third kappa shape index (κ3) is 15.7. The molecule has 0 radical (unpaired) electrons. The van der Waals surface area contributed by atoms with Crippen molar-refractivity contribution in [2.45, 2.75) is 27.7 Å². The number of hydrogen-bond donors (Lipinski definition) is 1. The van der Waals surface area contributed by atoms with Crippen LogP contribution in [0.1, 0.15) is 27.7 Å². The van der Waals surface area contributed by atoms with Crippen LogP contribution in [0.5, 0.6) is 0 Å². The summed E-state index contributed by atoms with van der Waals surface area (Å²) in [5.41, 5.74) is 1.32. The van der Waals surface area contributed by atoms with Crippen LogP contribution in [0.15, 0.2) is 23.9 Å². The molecule has 1 heteroatoms. The molecule has 1 nitrogen and oxygen atoms in total. The second kappa shape index (κ2) is 11.1. The predicted molar refractivity (Wildman–Crippen MR) is 49.0 cm³/mol. The van der Waals surface area contributed by atoms with Gasteiger partial charge in [-0.25, -0.2) is 0 Å². The van der Waals surface area contributed by atoms with Crippen molar-refractivity contribution in [1.29, 1.82) is 0 Å². The van der Waals surface area contributed by atoms with E-state index in [0.29, 0.717) is 0 Å². The number of allylic oxidation sites excluding steroid dienone is 3. The number of rotatable bonds is 2. The lowest BCUT2D eigenvalue weighted by Crippen LogP contribution is -1.89. The number of hydrogen-bond acceptors (Lipinski definition) is 1. The first-order valence-corrected chi connectivity index (χ1v) is 3.74. The SMILES string of the molecule is CC.CN/C=C\C=C(C)C. The first-order chi connectivity index (χ1) is 4.77. The van der Waals surface area contributed by atoms with Crippen LogP contribution in [-0.2, 0) is 0 Å². The fraction of sp³-hybridized carbons (Fsp3) is 0.556. The van der Waals surface area contributed by atoms with E-state index in [-0.39, 0.29) is 0 Å². The third-order valence-corrected chi connectivity index (χ3v) is 0.692. The van der Waals surface area contributed by atoms with Crippen LogP contribution < -0.4 is 5.32 Å². The quantitative estimate of drug-likeness (QED) is 0.583. The van der Waals surface area contributed by atoms with Gasteiger partial charge in [0.1, 0.15) is 0 Å². The largest absolute Gasteiger partial charge is 0.394 e. The molecule has 0 amide bonds. The Hall–Kier alpha value is -0.720. The van der Waals surface area contributed by atoms with Crippen molar-refractivity contribution >= 4 is 0 Å². The molecule has 0 heterocycles. The van der Waals surface area contributed by atoms with Gasteiger partial charge in [-0.1, -0.05) is 25.5 Å². The third-order valence-electron chi connectivity index (χ3n) is 0.692. The minimum Gasteiger partial charge on any atom is -0.394 e. The van der Waals surface area contributed by atoms with Crippen molar-refractivity contribution in [1.82, 2.24) is 5.32 Å². The Morgan fingerprint density at radius 2 is 1.70 bits per heavy atom. The highest BCUT2D eigenvalue weighted by atomic mass is 14.8. The van der Waals surface area contributed by atoms with Gasteiger partial charge in [-0.2, -0.15) is 0 Å². The van der Waals surface area contributed by atoms with Crippen molar-refractivity contribution in [2.75, 3.05) is 7.05 Å². The van der Waals surface area contributed by atoms with Crippen LogP contribution in [0.2, 0.25) is 0 Å². The Morgan fingerprint density at radius 1 is 1.20 bits per heavy atom. The molecule has 0 saturated carbocycles. The highest BCUT2D eigenvalue weighted by Gasteiger charge is 1.66. The smallest absolute Gasteiger partial charge is 0.00277 e. The topological polar surface area (TPSA) is 12.0 Å². The van der Waals surface area contributed by atoms with Crippen molar-refractivity contribution in [3.05, 3.63) is 23.9 Å². The van der Waals surface area contributed by atoms with E-state index < -0.39 is 0 Å². The zero-order valence-corrected chi connectivity index (χ0v) is 7.73. The van der Waals surface area contributed by atoms with E-state index in [1.165, 1.54) is 5.57 Å². The van der Waals surface area contributed by atoms with E-state index in [0.717, 1.165) is 0 Å². The van der Waals surface area contributed by atoms with Crippen molar-refractivity contribution in [3.63, 3.8) is 0 Å². The molecular formula is C9H19N. The summed E-state index contributed by atoms with van der Waals surface area (Å²) >= 11 is 0. The molecule has 0 unspecified atom stereocenters. The van der Waals surface area contributed by atoms with E-state index in [9.17, 15) is 0 Å². The van der Waals surface area contributed by atoms with E-state index in [2.05, 4.69) is 25.2 Å². The summed E-state index contributed by atoms with van der Waals surface area (Å²) in [6.07, 6.45) is 5.93. The molecule has 0 saturated heterocycles. The summed E-state index contributed by atoms with van der Waals surface area (Å²) < 4.78 is 0. The molecule has 0 bridgehead atoms. The minimum absolute atomic E-state index is 1.32. The van der Waals surface area contributed by atoms with Gasteiger partial charge in [-0.15, -0.1) is 0 Å². The molecule has 0 aliphatic carbocycles. The summed E-state index contributed by atoms with van der Waals surface area (Å²) in [6, 6.07) is 0. The normalized spacial score (nSPS) is 8.10. The molecule has 0 aromatic heterocycles. The maximum absolute atomic E-state index is 2.90. The second-order valence-electron chi connectivity index (χ2n) is 1.89. The molecule has 0 aromatic carbocycles. The molecule has 1 N–H and O–H groups in total. The average Bonchev–Trinajstić information content (AvgIpc) is 1.92. The molecule has 0 aromatic rings. The monoisotopic (exact) mass is 141 g/mol. The van der Waals surface area contributed by atoms with Crippen LogP contribution in [0, 0.1) is 0 Å². The van der Waals surface area contributed by atoms with Crippen LogP contribution in [0.25, 0.3) is 0 Å². The Balaban J connectivity index is 0. The van der Waals surface area contributed by atoms with Crippen LogP contribution in [0.3, 0.4) is 0 Å². The highest BCUT2D eigenvalue weighted by Crippen LogP contribution is 1.86. The lowest BCUT2D eigenvalue weighted by atomic mass is 10.3. The summed E-state index contributed by atoms with van der Waals surface area (Å²) in [6.45, 7) is 8.14. The molecule has 0 atom stereocenters. The van der Waals surface area contributed by atoms with Gasteiger partial charge in [0.2, 0.25) is 0 Å². The van der Waals surface area contributed by atoms with Crippen molar-refractivity contribution < 1.29 is 0 Å². The minimum atomic E-state index is 1.32. The molecular weight excluding hydrogens is 122 g/mol. The molecule has 60 valence electrons. The Kier molecular flexibility index (Phi) is 13.4. The zero-order valence-electron chi connectivity index (χ0n) is 7.73. The fourth-order valence-electron chi connectivity index (χ4n) is 0.337. The maximum Gasteiger partial charge on any atom is 0.00277 e. The van der Waals surface area contributed by atoms with E-state index in [1.54, 1.807) is 0 Å². The Morgan fingerprint density at radius 3 is 2.00 bits per heavy atom. The Labute approximate surface area is 64.8 Å². The van der Waals surface area contributed by atoms with E-state index in [4.69, 9.17) is 0 Å². The molecule has 0 aliphatic heterocycles. The van der Waals surface area contributed by atoms with Crippen LogP contribution >= 0.6 is 0 Å². The second-order valence-corrected chi connectivity index (χ2v) is 1.89. The van der Waals surface area contributed by atoms with Gasteiger partial charge < -0.3 is 5.32 Å². The van der Waals surface area contributed by atoms with Crippen molar-refractivity contribution in [3.8, 4) is 0 Å². The van der Waals surface area contributed by atoms with Gasteiger partial charge in [0, 0.05) is 7.05 Å². The van der Waals surface area contributed by atoms with Gasteiger partial charge in [0.25, 0.3) is 0 Å². The molecule has 0 fully saturated rings. The lowest BCUT2D eigenvalue weighted by Gasteiger charge is -1.82. The van der Waals surface area contributed by atoms with E-state index >= 15 is 0 Å². The summed E-state index contributed by atoms with van der Waals surface area (Å²) in [5.74, 6) is 0. The molecule has 0 aliphatic rings. The fourth-order valence-corrected chi connectivity index (χ4v) is 0.337. The highest BCUT2D eigenvalue weighted by molar-refractivity contribution is 5.07. The maximum atomic E-state index is 2.90. The lowest BCUT2D eigenvalue weighted by molar-refractivity contribution is 1.10. The van der Waals surface area contributed by atoms with Crippen LogP contribution in [0.4, 0.5) is 0 Å². The number of nitrogens with one attached hydrogen (secondary N) is 1. The van der Waals surface area contributed by atoms with Gasteiger partial charge in [0.15, 0.2) is 0 Å². The van der Waals surface area contributed by atoms with E-state index in [1.807, 2.05) is 33.2 Å². The van der Waals surface area contributed by atoms with Gasteiger partial charge >= 0.3 is 0 Å². The Bertz CT molecular complexity index is 97.3. The first kappa shape index (κ1) is 12.0. The average molecular weight is 141 g/mol.